The Morgan fingerprint density at radius 1 is 1.05 bits per heavy atom. The van der Waals surface area contributed by atoms with Crippen molar-refractivity contribution >= 4 is 6.03 Å². The van der Waals surface area contributed by atoms with Crippen LogP contribution in [0.25, 0.3) is 0 Å². The Kier molecular flexibility index (Phi) is 6.14. The molecular formula is C16H31N3O. The van der Waals surface area contributed by atoms with Gasteiger partial charge in [0, 0.05) is 25.2 Å². The van der Waals surface area contributed by atoms with Gasteiger partial charge in [-0.3, -0.25) is 0 Å². The fraction of sp³-hybridized carbons (Fsp3) is 0.938. The summed E-state index contributed by atoms with van der Waals surface area (Å²) in [7, 11) is 1.97. The van der Waals surface area contributed by atoms with E-state index >= 15 is 0 Å². The summed E-state index contributed by atoms with van der Waals surface area (Å²) in [5, 5.41) is 6.79. The summed E-state index contributed by atoms with van der Waals surface area (Å²) in [5.41, 5.74) is 0. The zero-order chi connectivity index (χ0) is 14.4. The normalized spacial score (nSPS) is 27.5. The average Bonchev–Trinajstić information content (AvgIpc) is 2.97. The van der Waals surface area contributed by atoms with Crippen LogP contribution in [0.4, 0.5) is 4.79 Å². The third-order valence-corrected chi connectivity index (χ3v) is 4.93. The maximum absolute atomic E-state index is 12.3. The number of carbonyl (C=O) groups is 1. The molecule has 4 heteroatoms. The van der Waals surface area contributed by atoms with Gasteiger partial charge in [-0.1, -0.05) is 19.8 Å². The number of carbonyl (C=O) groups excluding carboxylic acids is 1. The summed E-state index contributed by atoms with van der Waals surface area (Å²) in [6.45, 7) is 3.33. The van der Waals surface area contributed by atoms with Crippen LogP contribution in [0.3, 0.4) is 0 Å². The van der Waals surface area contributed by atoms with Gasteiger partial charge in [-0.2, -0.15) is 0 Å². The number of rotatable bonds is 5. The topological polar surface area (TPSA) is 44.4 Å². The van der Waals surface area contributed by atoms with Gasteiger partial charge >= 0.3 is 6.03 Å². The molecule has 0 aromatic heterocycles. The van der Waals surface area contributed by atoms with E-state index < -0.39 is 0 Å². The minimum Gasteiger partial charge on any atom is -0.335 e. The van der Waals surface area contributed by atoms with Crippen molar-refractivity contribution in [3.05, 3.63) is 0 Å². The van der Waals surface area contributed by atoms with Gasteiger partial charge in [0.25, 0.3) is 0 Å². The Morgan fingerprint density at radius 3 is 2.30 bits per heavy atom. The van der Waals surface area contributed by atoms with E-state index in [9.17, 15) is 4.79 Å². The minimum absolute atomic E-state index is 0.141. The SMILES string of the molecule is CCCNC1CCC(N(C)C(=O)NC2CCCC2)CC1. The number of hydrogen-bond donors (Lipinski definition) is 2. The molecule has 0 aromatic carbocycles. The van der Waals surface area contributed by atoms with Crippen LogP contribution >= 0.6 is 0 Å². The molecule has 0 spiro atoms. The van der Waals surface area contributed by atoms with Gasteiger partial charge in [-0.15, -0.1) is 0 Å². The van der Waals surface area contributed by atoms with Crippen molar-refractivity contribution in [1.82, 2.24) is 15.5 Å². The van der Waals surface area contributed by atoms with Gasteiger partial charge in [-0.05, 0) is 51.5 Å². The zero-order valence-corrected chi connectivity index (χ0v) is 13.2. The summed E-state index contributed by atoms with van der Waals surface area (Å²) in [5.74, 6) is 0. The zero-order valence-electron chi connectivity index (χ0n) is 13.2. The van der Waals surface area contributed by atoms with Crippen molar-refractivity contribution in [1.29, 1.82) is 0 Å². The standard InChI is InChI=1S/C16H31N3O/c1-3-12-17-13-8-10-15(11-9-13)19(2)16(20)18-14-6-4-5-7-14/h13-15,17H,3-12H2,1-2H3,(H,18,20). The summed E-state index contributed by atoms with van der Waals surface area (Å²) in [6.07, 6.45) is 10.7. The number of hydrogen-bond acceptors (Lipinski definition) is 2. The van der Waals surface area contributed by atoms with Crippen LogP contribution in [0.1, 0.15) is 64.7 Å². The highest BCUT2D eigenvalue weighted by molar-refractivity contribution is 5.74. The van der Waals surface area contributed by atoms with Crippen molar-refractivity contribution in [3.63, 3.8) is 0 Å². The monoisotopic (exact) mass is 281 g/mol. The summed E-state index contributed by atoms with van der Waals surface area (Å²) in [4.78, 5) is 14.2. The molecule has 0 atom stereocenters. The molecular weight excluding hydrogens is 250 g/mol. The van der Waals surface area contributed by atoms with E-state index in [1.54, 1.807) is 0 Å². The third kappa shape index (κ3) is 4.37. The molecule has 0 heterocycles. The van der Waals surface area contributed by atoms with Gasteiger partial charge in [0.15, 0.2) is 0 Å². The van der Waals surface area contributed by atoms with Crippen LogP contribution in [0.5, 0.6) is 0 Å². The molecule has 0 radical (unpaired) electrons. The van der Waals surface area contributed by atoms with Crippen LogP contribution in [0.2, 0.25) is 0 Å². The first-order valence-corrected chi connectivity index (χ1v) is 8.47. The predicted molar refractivity (Wildman–Crippen MR) is 82.9 cm³/mol. The lowest BCUT2D eigenvalue weighted by Gasteiger charge is -2.35. The minimum atomic E-state index is 0.141. The molecule has 0 saturated heterocycles. The van der Waals surface area contributed by atoms with E-state index in [0.717, 1.165) is 32.2 Å². The Bertz CT molecular complexity index is 294. The highest BCUT2D eigenvalue weighted by Gasteiger charge is 2.27. The van der Waals surface area contributed by atoms with E-state index in [0.29, 0.717) is 18.1 Å². The Labute approximate surface area is 123 Å². The molecule has 2 saturated carbocycles. The third-order valence-electron chi connectivity index (χ3n) is 4.93. The summed E-state index contributed by atoms with van der Waals surface area (Å²) >= 11 is 0. The fourth-order valence-electron chi connectivity index (χ4n) is 3.53. The van der Waals surface area contributed by atoms with Gasteiger partial charge in [-0.25, -0.2) is 4.79 Å². The number of urea groups is 1. The predicted octanol–water partition coefficient (Wildman–Crippen LogP) is 2.88. The maximum atomic E-state index is 12.3. The van der Waals surface area contributed by atoms with Crippen LogP contribution in [-0.4, -0.2) is 42.6 Å². The lowest BCUT2D eigenvalue weighted by molar-refractivity contribution is 0.163. The van der Waals surface area contributed by atoms with E-state index in [1.165, 1.54) is 32.1 Å². The maximum Gasteiger partial charge on any atom is 0.317 e. The number of amides is 2. The molecule has 0 aromatic rings. The first-order valence-electron chi connectivity index (χ1n) is 8.47. The van der Waals surface area contributed by atoms with Crippen LogP contribution in [-0.2, 0) is 0 Å². The van der Waals surface area contributed by atoms with Crippen LogP contribution in [0, 0.1) is 0 Å². The van der Waals surface area contributed by atoms with Crippen LogP contribution < -0.4 is 10.6 Å². The molecule has 4 nitrogen and oxygen atoms in total. The summed E-state index contributed by atoms with van der Waals surface area (Å²) < 4.78 is 0. The van der Waals surface area contributed by atoms with Gasteiger partial charge in [0.1, 0.15) is 0 Å². The lowest BCUT2D eigenvalue weighted by Crippen LogP contribution is -2.49. The average molecular weight is 281 g/mol. The molecule has 2 aliphatic rings. The first kappa shape index (κ1) is 15.6. The molecule has 2 aliphatic carbocycles. The second kappa shape index (κ2) is 7.87. The second-order valence-electron chi connectivity index (χ2n) is 6.50. The van der Waals surface area contributed by atoms with Crippen molar-refractivity contribution in [2.24, 2.45) is 0 Å². The number of nitrogens with one attached hydrogen (secondary N) is 2. The number of nitrogens with zero attached hydrogens (tertiary/aromatic N) is 1. The van der Waals surface area contributed by atoms with Gasteiger partial charge in [0.05, 0.1) is 0 Å². The molecule has 0 bridgehead atoms. The first-order chi connectivity index (χ1) is 9.70. The molecule has 0 unspecified atom stereocenters. The van der Waals surface area contributed by atoms with Crippen molar-refractivity contribution < 1.29 is 4.79 Å². The van der Waals surface area contributed by atoms with Crippen molar-refractivity contribution in [2.75, 3.05) is 13.6 Å². The molecule has 2 N–H and O–H groups in total. The van der Waals surface area contributed by atoms with E-state index in [4.69, 9.17) is 0 Å². The van der Waals surface area contributed by atoms with E-state index in [1.807, 2.05) is 11.9 Å². The molecule has 20 heavy (non-hydrogen) atoms. The van der Waals surface area contributed by atoms with Crippen molar-refractivity contribution in [2.45, 2.75) is 82.8 Å². The van der Waals surface area contributed by atoms with Gasteiger partial charge < -0.3 is 15.5 Å². The van der Waals surface area contributed by atoms with E-state index in [-0.39, 0.29) is 6.03 Å². The molecule has 2 fully saturated rings. The fourth-order valence-corrected chi connectivity index (χ4v) is 3.53. The molecule has 0 aliphatic heterocycles. The molecule has 116 valence electrons. The summed E-state index contributed by atoms with van der Waals surface area (Å²) in [6, 6.07) is 1.66. The van der Waals surface area contributed by atoms with Crippen LogP contribution in [0.15, 0.2) is 0 Å². The van der Waals surface area contributed by atoms with E-state index in [2.05, 4.69) is 17.6 Å². The second-order valence-corrected chi connectivity index (χ2v) is 6.50. The van der Waals surface area contributed by atoms with Gasteiger partial charge in [0.2, 0.25) is 0 Å². The largest absolute Gasteiger partial charge is 0.335 e. The van der Waals surface area contributed by atoms with Crippen molar-refractivity contribution in [3.8, 4) is 0 Å². The molecule has 2 amide bonds. The lowest BCUT2D eigenvalue weighted by atomic mass is 9.90. The Hall–Kier alpha value is -0.770. The Morgan fingerprint density at radius 2 is 1.70 bits per heavy atom. The molecule has 2 rings (SSSR count). The smallest absolute Gasteiger partial charge is 0.317 e. The highest BCUT2D eigenvalue weighted by Crippen LogP contribution is 2.23. The highest BCUT2D eigenvalue weighted by atomic mass is 16.2. The Balaban J connectivity index is 1.70. The quantitative estimate of drug-likeness (QED) is 0.814.